The number of carboxylic acid groups (broad SMARTS) is 1. The van der Waals surface area contributed by atoms with E-state index in [2.05, 4.69) is 15.9 Å². The Labute approximate surface area is 130 Å². The van der Waals surface area contributed by atoms with E-state index in [9.17, 15) is 13.2 Å². The first kappa shape index (κ1) is 15.8. The Bertz CT molecular complexity index is 662. The van der Waals surface area contributed by atoms with Crippen LogP contribution in [0.4, 0.5) is 0 Å². The number of nitrogens with zero attached hydrogens (tertiary/aromatic N) is 1. The largest absolute Gasteiger partial charge is 0.478 e. The standard InChI is InChI=1S/C12H13BrClNO4S/c1-7-3-2-4-15(7)20(18,19)8-5-9(12(16)17)11(14)10(13)6-8/h5-7H,2-4H2,1H3,(H,16,17). The minimum atomic E-state index is -3.70. The summed E-state index contributed by atoms with van der Waals surface area (Å²) in [4.78, 5) is 11.1. The minimum absolute atomic E-state index is 0.00841. The molecule has 1 N–H and O–H groups in total. The quantitative estimate of drug-likeness (QED) is 0.872. The molecule has 0 aliphatic carbocycles. The number of sulfonamides is 1. The molecule has 1 fully saturated rings. The second kappa shape index (κ2) is 5.63. The van der Waals surface area contributed by atoms with E-state index in [4.69, 9.17) is 16.7 Å². The first-order valence-corrected chi connectivity index (χ1v) is 8.60. The molecule has 0 bridgehead atoms. The summed E-state index contributed by atoms with van der Waals surface area (Å²) >= 11 is 8.97. The molecule has 1 aliphatic heterocycles. The molecule has 20 heavy (non-hydrogen) atoms. The summed E-state index contributed by atoms with van der Waals surface area (Å²) < 4.78 is 26.8. The zero-order valence-electron chi connectivity index (χ0n) is 10.6. The zero-order valence-corrected chi connectivity index (χ0v) is 13.8. The van der Waals surface area contributed by atoms with E-state index in [-0.39, 0.29) is 26.0 Å². The van der Waals surface area contributed by atoms with Crippen LogP contribution in [0.1, 0.15) is 30.1 Å². The lowest BCUT2D eigenvalue weighted by Crippen LogP contribution is -2.33. The van der Waals surface area contributed by atoms with Gasteiger partial charge in [-0.25, -0.2) is 13.2 Å². The summed E-state index contributed by atoms with van der Waals surface area (Å²) in [6.45, 7) is 2.29. The van der Waals surface area contributed by atoms with Crippen LogP contribution in [0.3, 0.4) is 0 Å². The number of hydrogen-bond donors (Lipinski definition) is 1. The van der Waals surface area contributed by atoms with Gasteiger partial charge in [0.1, 0.15) is 0 Å². The van der Waals surface area contributed by atoms with E-state index in [0.717, 1.165) is 18.9 Å². The molecule has 0 amide bonds. The normalized spacial score (nSPS) is 20.2. The second-order valence-corrected chi connectivity index (χ2v) is 7.80. The van der Waals surface area contributed by atoms with Crippen molar-refractivity contribution < 1.29 is 18.3 Å². The number of aromatic carboxylic acids is 1. The van der Waals surface area contributed by atoms with Crippen molar-refractivity contribution in [1.29, 1.82) is 0 Å². The van der Waals surface area contributed by atoms with E-state index in [1.165, 1.54) is 10.4 Å². The van der Waals surface area contributed by atoms with E-state index in [0.29, 0.717) is 6.54 Å². The first-order valence-electron chi connectivity index (χ1n) is 5.99. The van der Waals surface area contributed by atoms with Gasteiger partial charge in [0.05, 0.1) is 15.5 Å². The fourth-order valence-corrected chi connectivity index (χ4v) is 4.82. The minimum Gasteiger partial charge on any atom is -0.478 e. The van der Waals surface area contributed by atoms with Gasteiger partial charge in [-0.3, -0.25) is 0 Å². The van der Waals surface area contributed by atoms with Crippen LogP contribution in [0.15, 0.2) is 21.5 Å². The highest BCUT2D eigenvalue weighted by Gasteiger charge is 2.33. The summed E-state index contributed by atoms with van der Waals surface area (Å²) in [5.74, 6) is -1.26. The molecule has 1 aromatic rings. The zero-order chi connectivity index (χ0) is 15.1. The third-order valence-corrected chi connectivity index (χ3v) is 6.58. The van der Waals surface area contributed by atoms with Gasteiger partial charge in [0.25, 0.3) is 0 Å². The molecule has 0 spiro atoms. The first-order chi connectivity index (χ1) is 9.25. The van der Waals surface area contributed by atoms with E-state index >= 15 is 0 Å². The summed E-state index contributed by atoms with van der Waals surface area (Å²) in [6, 6.07) is 2.37. The van der Waals surface area contributed by atoms with Crippen LogP contribution in [-0.2, 0) is 10.0 Å². The molecule has 1 atom stereocenters. The molecule has 0 radical (unpaired) electrons. The van der Waals surface area contributed by atoms with Crippen molar-refractivity contribution in [1.82, 2.24) is 4.31 Å². The highest BCUT2D eigenvalue weighted by Crippen LogP contribution is 2.33. The molecule has 1 saturated heterocycles. The molecular weight excluding hydrogens is 370 g/mol. The highest BCUT2D eigenvalue weighted by atomic mass is 79.9. The second-order valence-electron chi connectivity index (χ2n) is 4.68. The molecule has 110 valence electrons. The summed E-state index contributed by atoms with van der Waals surface area (Å²) in [5.41, 5.74) is -0.230. The summed E-state index contributed by atoms with van der Waals surface area (Å²) in [7, 11) is -3.70. The van der Waals surface area contributed by atoms with Crippen LogP contribution in [0.5, 0.6) is 0 Å². The van der Waals surface area contributed by atoms with Crippen molar-refractivity contribution in [2.45, 2.75) is 30.7 Å². The van der Waals surface area contributed by atoms with E-state index in [1.807, 2.05) is 6.92 Å². The Morgan fingerprint density at radius 2 is 2.15 bits per heavy atom. The molecule has 2 rings (SSSR count). The molecule has 0 aromatic heterocycles. The van der Waals surface area contributed by atoms with Crippen LogP contribution < -0.4 is 0 Å². The third-order valence-electron chi connectivity index (χ3n) is 3.33. The molecule has 1 aromatic carbocycles. The Hall–Kier alpha value is -0.630. The number of halogens is 2. The maximum Gasteiger partial charge on any atom is 0.337 e. The predicted octanol–water partition coefficient (Wildman–Crippen LogP) is 2.97. The fourth-order valence-electron chi connectivity index (χ4n) is 2.27. The van der Waals surface area contributed by atoms with Crippen LogP contribution in [-0.4, -0.2) is 36.4 Å². The number of benzene rings is 1. The Morgan fingerprint density at radius 3 is 2.65 bits per heavy atom. The number of hydrogen-bond acceptors (Lipinski definition) is 3. The highest BCUT2D eigenvalue weighted by molar-refractivity contribution is 9.10. The smallest absolute Gasteiger partial charge is 0.337 e. The molecule has 5 nitrogen and oxygen atoms in total. The van der Waals surface area contributed by atoms with Gasteiger partial charge >= 0.3 is 5.97 Å². The number of rotatable bonds is 3. The summed E-state index contributed by atoms with van der Waals surface area (Å²) in [6.07, 6.45) is 1.61. The van der Waals surface area contributed by atoms with Gasteiger partial charge in [-0.05, 0) is 47.8 Å². The van der Waals surface area contributed by atoms with Crippen LogP contribution in [0.2, 0.25) is 5.02 Å². The van der Waals surface area contributed by atoms with Gasteiger partial charge in [-0.1, -0.05) is 11.6 Å². The van der Waals surface area contributed by atoms with Crippen molar-refractivity contribution >= 4 is 43.5 Å². The lowest BCUT2D eigenvalue weighted by atomic mass is 10.2. The van der Waals surface area contributed by atoms with E-state index < -0.39 is 16.0 Å². The Kier molecular flexibility index (Phi) is 4.44. The topological polar surface area (TPSA) is 74.7 Å². The maximum absolute atomic E-state index is 12.6. The van der Waals surface area contributed by atoms with Gasteiger partial charge in [0.15, 0.2) is 0 Å². The van der Waals surface area contributed by atoms with Gasteiger partial charge in [0.2, 0.25) is 10.0 Å². The molecular formula is C12H13BrClNO4S. The Balaban J connectivity index is 2.55. The average molecular weight is 383 g/mol. The summed E-state index contributed by atoms with van der Waals surface area (Å²) in [5, 5.41) is 9.08. The van der Waals surface area contributed by atoms with Crippen molar-refractivity contribution in [2.75, 3.05) is 6.54 Å². The molecule has 8 heteroatoms. The van der Waals surface area contributed by atoms with Gasteiger partial charge < -0.3 is 5.11 Å². The van der Waals surface area contributed by atoms with Crippen molar-refractivity contribution in [3.8, 4) is 0 Å². The molecule has 1 heterocycles. The van der Waals surface area contributed by atoms with Crippen LogP contribution in [0, 0.1) is 0 Å². The maximum atomic E-state index is 12.6. The molecule has 1 unspecified atom stereocenters. The van der Waals surface area contributed by atoms with Crippen molar-refractivity contribution in [2.24, 2.45) is 0 Å². The SMILES string of the molecule is CC1CCCN1S(=O)(=O)c1cc(Br)c(Cl)c(C(=O)O)c1. The Morgan fingerprint density at radius 1 is 1.50 bits per heavy atom. The van der Waals surface area contributed by atoms with Gasteiger partial charge in [-0.15, -0.1) is 0 Å². The van der Waals surface area contributed by atoms with Crippen LogP contribution in [0.25, 0.3) is 0 Å². The van der Waals surface area contributed by atoms with Gasteiger partial charge in [0, 0.05) is 17.1 Å². The monoisotopic (exact) mass is 381 g/mol. The lowest BCUT2D eigenvalue weighted by Gasteiger charge is -2.21. The third kappa shape index (κ3) is 2.72. The van der Waals surface area contributed by atoms with Gasteiger partial charge in [-0.2, -0.15) is 4.31 Å². The molecule has 0 saturated carbocycles. The van der Waals surface area contributed by atoms with Crippen molar-refractivity contribution in [3.63, 3.8) is 0 Å². The van der Waals surface area contributed by atoms with E-state index in [1.54, 1.807) is 0 Å². The lowest BCUT2D eigenvalue weighted by molar-refractivity contribution is 0.0696. The fraction of sp³-hybridized carbons (Fsp3) is 0.417. The number of carboxylic acids is 1. The number of carbonyl (C=O) groups is 1. The van der Waals surface area contributed by atoms with Crippen LogP contribution >= 0.6 is 27.5 Å². The molecule has 1 aliphatic rings. The average Bonchev–Trinajstić information content (AvgIpc) is 2.78. The predicted molar refractivity (Wildman–Crippen MR) is 78.7 cm³/mol. The van der Waals surface area contributed by atoms with Crippen molar-refractivity contribution in [3.05, 3.63) is 27.2 Å².